The normalized spacial score (nSPS) is 16.1. The third kappa shape index (κ3) is 5.49. The van der Waals surface area contributed by atoms with Crippen LogP contribution in [-0.2, 0) is 9.59 Å². The third-order valence-electron chi connectivity index (χ3n) is 2.66. The molecular formula is C12H20N2O3. The van der Waals surface area contributed by atoms with Crippen LogP contribution in [0.2, 0.25) is 0 Å². The number of hydrogen-bond acceptors (Lipinski definition) is 3. The highest BCUT2D eigenvalue weighted by Crippen LogP contribution is 2.18. The fourth-order valence-corrected chi connectivity index (χ4v) is 1.46. The van der Waals surface area contributed by atoms with Gasteiger partial charge in [0.05, 0.1) is 6.54 Å². The lowest BCUT2D eigenvalue weighted by Crippen LogP contribution is -2.36. The molecule has 1 fully saturated rings. The van der Waals surface area contributed by atoms with Crippen LogP contribution in [0.4, 0.5) is 0 Å². The van der Waals surface area contributed by atoms with E-state index in [4.69, 9.17) is 5.11 Å². The van der Waals surface area contributed by atoms with Gasteiger partial charge in [-0.05, 0) is 26.3 Å². The molecule has 0 aromatic heterocycles. The number of carboxylic acids is 1. The number of rotatable bonds is 7. The lowest BCUT2D eigenvalue weighted by Gasteiger charge is -2.14. The van der Waals surface area contributed by atoms with Crippen molar-refractivity contribution in [3.8, 4) is 0 Å². The van der Waals surface area contributed by atoms with Crippen molar-refractivity contribution in [2.45, 2.75) is 32.2 Å². The highest BCUT2D eigenvalue weighted by Gasteiger charge is 2.23. The molecular weight excluding hydrogens is 220 g/mol. The zero-order valence-corrected chi connectivity index (χ0v) is 10.4. The molecule has 5 heteroatoms. The summed E-state index contributed by atoms with van der Waals surface area (Å²) in [6.07, 6.45) is 4.31. The number of nitrogens with one attached hydrogen (secondary N) is 1. The van der Waals surface area contributed by atoms with Crippen LogP contribution in [0, 0.1) is 0 Å². The highest BCUT2D eigenvalue weighted by atomic mass is 16.4. The van der Waals surface area contributed by atoms with E-state index in [0.717, 1.165) is 12.8 Å². The van der Waals surface area contributed by atoms with Gasteiger partial charge >= 0.3 is 5.97 Å². The second-order valence-electron chi connectivity index (χ2n) is 4.43. The number of likely N-dealkylation sites (N-methyl/N-ethyl adjacent to an activating group) is 1. The Morgan fingerprint density at radius 2 is 2.12 bits per heavy atom. The van der Waals surface area contributed by atoms with Gasteiger partial charge in [0.2, 0.25) is 5.91 Å². The lowest BCUT2D eigenvalue weighted by molar-refractivity contribution is -0.132. The van der Waals surface area contributed by atoms with Crippen LogP contribution < -0.4 is 5.32 Å². The van der Waals surface area contributed by atoms with Crippen LogP contribution in [0.5, 0.6) is 0 Å². The maximum atomic E-state index is 11.5. The zero-order valence-electron chi connectivity index (χ0n) is 10.4. The van der Waals surface area contributed by atoms with Gasteiger partial charge in [-0.2, -0.15) is 0 Å². The fraction of sp³-hybridized carbons (Fsp3) is 0.667. The lowest BCUT2D eigenvalue weighted by atomic mass is 10.2. The third-order valence-corrected chi connectivity index (χ3v) is 2.66. The van der Waals surface area contributed by atoms with Crippen molar-refractivity contribution in [1.29, 1.82) is 0 Å². The summed E-state index contributed by atoms with van der Waals surface area (Å²) in [5, 5.41) is 11.7. The summed E-state index contributed by atoms with van der Waals surface area (Å²) in [6.45, 7) is 2.59. The Morgan fingerprint density at radius 1 is 1.47 bits per heavy atom. The number of aliphatic carboxylic acids is 1. The van der Waals surface area contributed by atoms with E-state index in [1.807, 2.05) is 0 Å². The van der Waals surface area contributed by atoms with Crippen LogP contribution >= 0.6 is 0 Å². The van der Waals surface area contributed by atoms with Gasteiger partial charge in [-0.1, -0.05) is 13.0 Å². The van der Waals surface area contributed by atoms with E-state index in [2.05, 4.69) is 5.32 Å². The maximum absolute atomic E-state index is 11.5. The van der Waals surface area contributed by atoms with E-state index >= 15 is 0 Å². The number of carboxylic acid groups (broad SMARTS) is 1. The van der Waals surface area contributed by atoms with Crippen molar-refractivity contribution in [1.82, 2.24) is 10.2 Å². The molecule has 0 spiro atoms. The number of nitrogens with zero attached hydrogens (tertiary/aromatic N) is 1. The molecule has 5 nitrogen and oxygen atoms in total. The minimum Gasteiger partial charge on any atom is -0.478 e. The van der Waals surface area contributed by atoms with Crippen LogP contribution in [-0.4, -0.2) is 48.1 Å². The number of carbonyl (C=O) groups excluding carboxylic acids is 1. The Hall–Kier alpha value is -1.36. The molecule has 0 atom stereocenters. The van der Waals surface area contributed by atoms with E-state index in [9.17, 15) is 9.59 Å². The molecule has 1 amide bonds. The monoisotopic (exact) mass is 240 g/mol. The van der Waals surface area contributed by atoms with Gasteiger partial charge in [-0.3, -0.25) is 9.69 Å². The van der Waals surface area contributed by atoms with Crippen molar-refractivity contribution in [3.63, 3.8) is 0 Å². The van der Waals surface area contributed by atoms with Gasteiger partial charge in [0.25, 0.3) is 0 Å². The standard InChI is InChI=1S/C12H20N2O3/c1-3-9(12(16)17)6-7-14(2)8-11(15)13-10-4-5-10/h6,10H,3-5,7-8H2,1-2H3,(H,13,15)(H,16,17). The molecule has 0 unspecified atom stereocenters. The second-order valence-corrected chi connectivity index (χ2v) is 4.43. The Balaban J connectivity index is 2.29. The van der Waals surface area contributed by atoms with Crippen molar-refractivity contribution in [2.24, 2.45) is 0 Å². The average Bonchev–Trinajstić information content (AvgIpc) is 3.01. The predicted molar refractivity (Wildman–Crippen MR) is 64.7 cm³/mol. The summed E-state index contributed by atoms with van der Waals surface area (Å²) in [4.78, 5) is 24.0. The van der Waals surface area contributed by atoms with E-state index in [-0.39, 0.29) is 5.91 Å². The number of carbonyl (C=O) groups is 2. The molecule has 0 aromatic rings. The Labute approximate surface area is 101 Å². The van der Waals surface area contributed by atoms with Crippen LogP contribution in [0.25, 0.3) is 0 Å². The van der Waals surface area contributed by atoms with E-state index < -0.39 is 5.97 Å². The molecule has 1 rings (SSSR count). The molecule has 96 valence electrons. The molecule has 17 heavy (non-hydrogen) atoms. The molecule has 1 aliphatic rings. The Kier molecular flexibility index (Phi) is 5.15. The number of hydrogen-bond donors (Lipinski definition) is 2. The largest absolute Gasteiger partial charge is 0.478 e. The van der Waals surface area contributed by atoms with Crippen LogP contribution in [0.1, 0.15) is 26.2 Å². The second kappa shape index (κ2) is 6.39. The maximum Gasteiger partial charge on any atom is 0.331 e. The van der Waals surface area contributed by atoms with E-state index in [0.29, 0.717) is 31.1 Å². The summed E-state index contributed by atoms with van der Waals surface area (Å²) in [5.74, 6) is -0.875. The molecule has 0 radical (unpaired) electrons. The first-order valence-corrected chi connectivity index (χ1v) is 5.93. The first-order chi connectivity index (χ1) is 8.02. The van der Waals surface area contributed by atoms with Gasteiger partial charge in [0.15, 0.2) is 0 Å². The summed E-state index contributed by atoms with van der Waals surface area (Å²) in [7, 11) is 1.80. The van der Waals surface area contributed by atoms with Crippen molar-refractivity contribution in [3.05, 3.63) is 11.6 Å². The Morgan fingerprint density at radius 3 is 2.59 bits per heavy atom. The summed E-state index contributed by atoms with van der Waals surface area (Å²) < 4.78 is 0. The molecule has 0 heterocycles. The SMILES string of the molecule is CCC(=CCN(C)CC(=O)NC1CC1)C(=O)O. The quantitative estimate of drug-likeness (QED) is 0.640. The van der Waals surface area contributed by atoms with Crippen molar-refractivity contribution in [2.75, 3.05) is 20.1 Å². The molecule has 2 N–H and O–H groups in total. The molecule has 0 aromatic carbocycles. The van der Waals surface area contributed by atoms with Gasteiger partial charge in [-0.15, -0.1) is 0 Å². The van der Waals surface area contributed by atoms with Crippen LogP contribution in [0.3, 0.4) is 0 Å². The fourth-order valence-electron chi connectivity index (χ4n) is 1.46. The van der Waals surface area contributed by atoms with Crippen LogP contribution in [0.15, 0.2) is 11.6 Å². The van der Waals surface area contributed by atoms with Crippen molar-refractivity contribution >= 4 is 11.9 Å². The van der Waals surface area contributed by atoms with Gasteiger partial charge in [0.1, 0.15) is 0 Å². The molecule has 1 aliphatic carbocycles. The minimum absolute atomic E-state index is 0.0109. The Bertz CT molecular complexity index is 322. The molecule has 0 aliphatic heterocycles. The summed E-state index contributed by atoms with van der Waals surface area (Å²) >= 11 is 0. The van der Waals surface area contributed by atoms with Crippen molar-refractivity contribution < 1.29 is 14.7 Å². The smallest absolute Gasteiger partial charge is 0.331 e. The van der Waals surface area contributed by atoms with Gasteiger partial charge in [-0.25, -0.2) is 4.79 Å². The first kappa shape index (κ1) is 13.7. The van der Waals surface area contributed by atoms with Gasteiger partial charge < -0.3 is 10.4 Å². The highest BCUT2D eigenvalue weighted by molar-refractivity contribution is 5.86. The zero-order chi connectivity index (χ0) is 12.8. The predicted octanol–water partition coefficient (Wildman–Crippen LogP) is 0.618. The topological polar surface area (TPSA) is 69.6 Å². The number of amides is 1. The molecule has 0 bridgehead atoms. The van der Waals surface area contributed by atoms with E-state index in [1.165, 1.54) is 0 Å². The first-order valence-electron chi connectivity index (χ1n) is 5.93. The molecule has 0 saturated heterocycles. The summed E-state index contributed by atoms with van der Waals surface area (Å²) in [5.41, 5.74) is 0.388. The van der Waals surface area contributed by atoms with E-state index in [1.54, 1.807) is 24.9 Å². The minimum atomic E-state index is -0.886. The molecule has 1 saturated carbocycles. The average molecular weight is 240 g/mol. The van der Waals surface area contributed by atoms with Gasteiger partial charge in [0, 0.05) is 18.2 Å². The summed E-state index contributed by atoms with van der Waals surface area (Å²) in [6, 6.07) is 0.372.